The molecule has 0 aliphatic rings. The number of hydrogen-bond donors (Lipinski definition) is 2. The Hall–Kier alpha value is -3.57. The van der Waals surface area contributed by atoms with Gasteiger partial charge >= 0.3 is 5.97 Å². The first-order chi connectivity index (χ1) is 15.3. The Balaban J connectivity index is 1.74. The van der Waals surface area contributed by atoms with Gasteiger partial charge in [0.2, 0.25) is 11.8 Å². The predicted molar refractivity (Wildman–Crippen MR) is 120 cm³/mol. The van der Waals surface area contributed by atoms with E-state index in [4.69, 9.17) is 9.47 Å². The normalized spacial score (nSPS) is 10.7. The number of aryl methyl sites for hydroxylation is 1. The number of esters is 1. The van der Waals surface area contributed by atoms with Crippen LogP contribution in [-0.4, -0.2) is 47.7 Å². The number of hydrogen-bond acceptors (Lipinski definition) is 8. The molecule has 3 rings (SSSR count). The molecule has 10 nitrogen and oxygen atoms in total. The molecule has 2 N–H and O–H groups in total. The number of carbonyl (C=O) groups is 3. The minimum Gasteiger partial charge on any atom is -0.459 e. The van der Waals surface area contributed by atoms with Crippen LogP contribution in [0.4, 0.5) is 11.4 Å². The summed E-state index contributed by atoms with van der Waals surface area (Å²) in [6.45, 7) is 3.17. The van der Waals surface area contributed by atoms with E-state index in [0.29, 0.717) is 26.6 Å². The van der Waals surface area contributed by atoms with Crippen LogP contribution in [0.1, 0.15) is 22.2 Å². The van der Waals surface area contributed by atoms with Crippen molar-refractivity contribution in [3.8, 4) is 0 Å². The molecule has 2 heterocycles. The van der Waals surface area contributed by atoms with E-state index in [1.165, 1.54) is 24.9 Å². The standard InChI is InChI=1S/C21H22N4O6S/c1-12-17-19(32-18(12)21(29)31-9-8-30-3)22-11-25(20(17)28)10-16(27)24-15-6-4-14(5-7-15)23-13(2)26/h4-7,11H,8-10H2,1-3H3,(H,23,26)(H,24,27). The highest BCUT2D eigenvalue weighted by Crippen LogP contribution is 2.27. The number of carbonyl (C=O) groups excluding carboxylic acids is 3. The summed E-state index contributed by atoms with van der Waals surface area (Å²) in [7, 11) is 1.50. The van der Waals surface area contributed by atoms with Gasteiger partial charge in [0.25, 0.3) is 5.56 Å². The lowest BCUT2D eigenvalue weighted by atomic mass is 10.2. The third-order valence-corrected chi connectivity index (χ3v) is 5.61. The molecule has 2 aromatic heterocycles. The van der Waals surface area contributed by atoms with Gasteiger partial charge in [0.05, 0.1) is 18.3 Å². The lowest BCUT2D eigenvalue weighted by Crippen LogP contribution is -2.27. The van der Waals surface area contributed by atoms with Crippen LogP contribution in [0.3, 0.4) is 0 Å². The summed E-state index contributed by atoms with van der Waals surface area (Å²) in [4.78, 5) is 53.6. The molecule has 168 valence electrons. The minimum absolute atomic E-state index is 0.104. The molecule has 32 heavy (non-hydrogen) atoms. The quantitative estimate of drug-likeness (QED) is 0.391. The van der Waals surface area contributed by atoms with E-state index in [1.807, 2.05) is 0 Å². The largest absolute Gasteiger partial charge is 0.459 e. The fraction of sp³-hybridized carbons (Fsp3) is 0.286. The van der Waals surface area contributed by atoms with Gasteiger partial charge in [0.15, 0.2) is 0 Å². The molecule has 0 bridgehead atoms. The Morgan fingerprint density at radius 3 is 2.38 bits per heavy atom. The zero-order valence-corrected chi connectivity index (χ0v) is 18.6. The Morgan fingerprint density at radius 1 is 1.09 bits per heavy atom. The van der Waals surface area contributed by atoms with Crippen molar-refractivity contribution in [1.29, 1.82) is 0 Å². The average molecular weight is 458 g/mol. The van der Waals surface area contributed by atoms with Crippen molar-refractivity contribution in [2.45, 2.75) is 20.4 Å². The first-order valence-electron chi connectivity index (χ1n) is 9.62. The van der Waals surface area contributed by atoms with Crippen molar-refractivity contribution in [3.63, 3.8) is 0 Å². The van der Waals surface area contributed by atoms with Crippen LogP contribution in [0.5, 0.6) is 0 Å². The number of amides is 2. The summed E-state index contributed by atoms with van der Waals surface area (Å²) in [5.74, 6) is -1.17. The second-order valence-electron chi connectivity index (χ2n) is 6.85. The summed E-state index contributed by atoms with van der Waals surface area (Å²) in [6, 6.07) is 6.58. The van der Waals surface area contributed by atoms with Crippen LogP contribution in [-0.2, 0) is 25.6 Å². The molecule has 0 fully saturated rings. The van der Waals surface area contributed by atoms with Gasteiger partial charge in [-0.1, -0.05) is 0 Å². The number of aromatic nitrogens is 2. The summed E-state index contributed by atoms with van der Waals surface area (Å²) in [5, 5.41) is 5.61. The van der Waals surface area contributed by atoms with Gasteiger partial charge in [-0.2, -0.15) is 0 Å². The van der Waals surface area contributed by atoms with Crippen molar-refractivity contribution in [3.05, 3.63) is 51.4 Å². The molecule has 11 heteroatoms. The van der Waals surface area contributed by atoms with Gasteiger partial charge in [0.1, 0.15) is 22.9 Å². The second-order valence-corrected chi connectivity index (χ2v) is 7.85. The summed E-state index contributed by atoms with van der Waals surface area (Å²) in [6.07, 6.45) is 1.28. The molecular formula is C21H22N4O6S. The van der Waals surface area contributed by atoms with Crippen LogP contribution in [0.15, 0.2) is 35.4 Å². The van der Waals surface area contributed by atoms with Crippen molar-refractivity contribution in [1.82, 2.24) is 9.55 Å². The third kappa shape index (κ3) is 5.37. The van der Waals surface area contributed by atoms with Crippen molar-refractivity contribution in [2.24, 2.45) is 0 Å². The second kappa shape index (κ2) is 10.2. The maximum atomic E-state index is 12.9. The maximum absolute atomic E-state index is 12.9. The Labute approximate surface area is 187 Å². The number of anilines is 2. The van der Waals surface area contributed by atoms with E-state index in [2.05, 4.69) is 15.6 Å². The van der Waals surface area contributed by atoms with Crippen LogP contribution in [0.2, 0.25) is 0 Å². The molecule has 1 aromatic carbocycles. The Bertz CT molecular complexity index is 1220. The van der Waals surface area contributed by atoms with Crippen molar-refractivity contribution in [2.75, 3.05) is 31.0 Å². The lowest BCUT2D eigenvalue weighted by molar-refractivity contribution is -0.117. The fourth-order valence-corrected chi connectivity index (χ4v) is 3.98. The maximum Gasteiger partial charge on any atom is 0.348 e. The first kappa shape index (κ1) is 23.1. The zero-order valence-electron chi connectivity index (χ0n) is 17.8. The van der Waals surface area contributed by atoms with Gasteiger partial charge in [0, 0.05) is 25.4 Å². The summed E-state index contributed by atoms with van der Waals surface area (Å²) in [5.41, 5.74) is 1.16. The van der Waals surface area contributed by atoms with Crippen LogP contribution in [0.25, 0.3) is 10.2 Å². The topological polar surface area (TPSA) is 129 Å². The highest BCUT2D eigenvalue weighted by atomic mass is 32.1. The molecule has 0 radical (unpaired) electrons. The van der Waals surface area contributed by atoms with Crippen LogP contribution >= 0.6 is 11.3 Å². The average Bonchev–Trinajstić information content (AvgIpc) is 3.08. The highest BCUT2D eigenvalue weighted by molar-refractivity contribution is 7.20. The SMILES string of the molecule is COCCOC(=O)c1sc2ncn(CC(=O)Nc3ccc(NC(C)=O)cc3)c(=O)c2c1C. The van der Waals surface area contributed by atoms with Gasteiger partial charge in [-0.05, 0) is 36.8 Å². The third-order valence-electron chi connectivity index (χ3n) is 4.43. The number of rotatable bonds is 8. The summed E-state index contributed by atoms with van der Waals surface area (Å²) < 4.78 is 11.2. The monoisotopic (exact) mass is 458 g/mol. The van der Waals surface area contributed by atoms with Crippen LogP contribution < -0.4 is 16.2 Å². The Kier molecular flexibility index (Phi) is 7.33. The van der Waals surface area contributed by atoms with E-state index >= 15 is 0 Å². The van der Waals surface area contributed by atoms with Gasteiger partial charge in [-0.25, -0.2) is 9.78 Å². The number of benzene rings is 1. The molecule has 0 saturated carbocycles. The van der Waals surface area contributed by atoms with Gasteiger partial charge < -0.3 is 20.1 Å². The number of fused-ring (bicyclic) bond motifs is 1. The molecule has 0 spiro atoms. The number of methoxy groups -OCH3 is 1. The lowest BCUT2D eigenvalue weighted by Gasteiger charge is -2.08. The number of ether oxygens (including phenoxy) is 2. The van der Waals surface area contributed by atoms with E-state index < -0.39 is 17.4 Å². The highest BCUT2D eigenvalue weighted by Gasteiger charge is 2.21. The van der Waals surface area contributed by atoms with Gasteiger partial charge in [-0.3, -0.25) is 19.0 Å². The van der Waals surface area contributed by atoms with E-state index in [1.54, 1.807) is 31.2 Å². The molecule has 0 saturated heterocycles. The number of nitrogens with one attached hydrogen (secondary N) is 2. The Morgan fingerprint density at radius 2 is 1.75 bits per heavy atom. The van der Waals surface area contributed by atoms with Crippen molar-refractivity contribution >= 4 is 50.7 Å². The molecule has 0 unspecified atom stereocenters. The molecular weight excluding hydrogens is 436 g/mol. The smallest absolute Gasteiger partial charge is 0.348 e. The van der Waals surface area contributed by atoms with E-state index in [-0.39, 0.29) is 31.1 Å². The van der Waals surface area contributed by atoms with Crippen molar-refractivity contribution < 1.29 is 23.9 Å². The molecule has 2 amide bonds. The van der Waals surface area contributed by atoms with E-state index in [9.17, 15) is 19.2 Å². The minimum atomic E-state index is -0.547. The van der Waals surface area contributed by atoms with E-state index in [0.717, 1.165) is 11.3 Å². The number of thiophene rings is 1. The van der Waals surface area contributed by atoms with Crippen LogP contribution in [0, 0.1) is 6.92 Å². The van der Waals surface area contributed by atoms with Gasteiger partial charge in [-0.15, -0.1) is 11.3 Å². The fourth-order valence-electron chi connectivity index (χ4n) is 2.95. The molecule has 0 aliphatic carbocycles. The first-order valence-corrected chi connectivity index (χ1v) is 10.4. The summed E-state index contributed by atoms with van der Waals surface area (Å²) >= 11 is 1.07. The predicted octanol–water partition coefficient (Wildman–Crippen LogP) is 2.17. The molecule has 0 atom stereocenters. The molecule has 0 aliphatic heterocycles. The number of nitrogens with zero attached hydrogens (tertiary/aromatic N) is 2. The zero-order chi connectivity index (χ0) is 23.3. The molecule has 3 aromatic rings.